The van der Waals surface area contributed by atoms with E-state index in [9.17, 15) is 9.18 Å². The number of nitrogens with one attached hydrogen (secondary N) is 2. The van der Waals surface area contributed by atoms with Crippen molar-refractivity contribution in [3.63, 3.8) is 0 Å². The molecule has 1 heterocycles. The fourth-order valence-corrected chi connectivity index (χ4v) is 3.59. The Hall–Kier alpha value is -3.73. The van der Waals surface area contributed by atoms with Gasteiger partial charge in [0.25, 0.3) is 0 Å². The molecule has 4 rings (SSSR count). The van der Waals surface area contributed by atoms with E-state index < -0.39 is 0 Å². The molecule has 5 heteroatoms. The number of amides is 1. The van der Waals surface area contributed by atoms with Gasteiger partial charge in [-0.3, -0.25) is 4.79 Å². The van der Waals surface area contributed by atoms with Gasteiger partial charge in [0, 0.05) is 12.1 Å². The van der Waals surface area contributed by atoms with E-state index in [0.717, 1.165) is 40.2 Å². The van der Waals surface area contributed by atoms with Crippen LogP contribution in [0.25, 0.3) is 22.6 Å². The lowest BCUT2D eigenvalue weighted by molar-refractivity contribution is -0.122. The number of aromatic nitrogens is 2. The van der Waals surface area contributed by atoms with Gasteiger partial charge in [0.1, 0.15) is 11.6 Å². The first kappa shape index (κ1) is 20.5. The molecule has 1 amide bonds. The third-order valence-corrected chi connectivity index (χ3v) is 5.35. The van der Waals surface area contributed by atoms with Crippen molar-refractivity contribution < 1.29 is 9.18 Å². The molecule has 0 bridgehead atoms. The number of imidazole rings is 1. The molecule has 31 heavy (non-hydrogen) atoms. The van der Waals surface area contributed by atoms with E-state index in [4.69, 9.17) is 0 Å². The summed E-state index contributed by atoms with van der Waals surface area (Å²) >= 11 is 0. The van der Waals surface area contributed by atoms with E-state index in [1.54, 1.807) is 18.3 Å². The van der Waals surface area contributed by atoms with Gasteiger partial charge in [0.15, 0.2) is 0 Å². The SMILES string of the molecule is CC[C@H](C(=O)NCc1ccc(-c2ncc(-c3ccc(F)cc3)[nH]2)cc1)c1ccccc1. The fourth-order valence-electron chi connectivity index (χ4n) is 3.59. The molecule has 1 aromatic heterocycles. The van der Waals surface area contributed by atoms with E-state index in [1.807, 2.05) is 61.5 Å². The zero-order valence-electron chi connectivity index (χ0n) is 17.3. The van der Waals surface area contributed by atoms with Gasteiger partial charge in [-0.25, -0.2) is 9.37 Å². The second kappa shape index (κ2) is 9.39. The minimum absolute atomic E-state index is 0.0350. The van der Waals surface area contributed by atoms with Gasteiger partial charge in [0.2, 0.25) is 5.91 Å². The molecule has 156 valence electrons. The number of carbonyl (C=O) groups excluding carboxylic acids is 1. The molecule has 0 radical (unpaired) electrons. The number of rotatable bonds is 7. The minimum atomic E-state index is -0.264. The largest absolute Gasteiger partial charge is 0.351 e. The Kier molecular flexibility index (Phi) is 6.22. The van der Waals surface area contributed by atoms with Crippen molar-refractivity contribution in [3.05, 3.63) is 102 Å². The summed E-state index contributed by atoms with van der Waals surface area (Å²) in [6.45, 7) is 2.50. The predicted octanol–water partition coefficient (Wildman–Crippen LogP) is 5.69. The van der Waals surface area contributed by atoms with Crippen molar-refractivity contribution in [1.82, 2.24) is 15.3 Å². The molecule has 0 aliphatic rings. The third kappa shape index (κ3) is 4.89. The Bertz CT molecular complexity index is 1140. The maximum Gasteiger partial charge on any atom is 0.227 e. The quantitative estimate of drug-likeness (QED) is 0.409. The van der Waals surface area contributed by atoms with E-state index in [0.29, 0.717) is 6.54 Å². The van der Waals surface area contributed by atoms with Crippen LogP contribution < -0.4 is 5.32 Å². The Balaban J connectivity index is 1.39. The van der Waals surface area contributed by atoms with Crippen LogP contribution in [0.15, 0.2) is 85.1 Å². The van der Waals surface area contributed by atoms with E-state index >= 15 is 0 Å². The highest BCUT2D eigenvalue weighted by Crippen LogP contribution is 2.23. The number of carbonyl (C=O) groups is 1. The van der Waals surface area contributed by atoms with Gasteiger partial charge in [-0.2, -0.15) is 0 Å². The topological polar surface area (TPSA) is 57.8 Å². The van der Waals surface area contributed by atoms with Crippen LogP contribution in [0.2, 0.25) is 0 Å². The van der Waals surface area contributed by atoms with Crippen LogP contribution in [0, 0.1) is 5.82 Å². The molecule has 0 aliphatic heterocycles. The first-order chi connectivity index (χ1) is 15.1. The number of nitrogens with zero attached hydrogens (tertiary/aromatic N) is 1. The number of hydrogen-bond acceptors (Lipinski definition) is 2. The minimum Gasteiger partial charge on any atom is -0.351 e. The summed E-state index contributed by atoms with van der Waals surface area (Å²) in [5.74, 6) is 0.367. The van der Waals surface area contributed by atoms with Crippen LogP contribution in [0.3, 0.4) is 0 Å². The standard InChI is InChI=1S/C26H24FN3O/c1-2-23(19-6-4-3-5-7-19)26(31)29-16-18-8-10-21(11-9-18)25-28-17-24(30-25)20-12-14-22(27)15-13-20/h3-15,17,23H,2,16H2,1H3,(H,28,30)(H,29,31)/t23-/m0/s1. The summed E-state index contributed by atoms with van der Waals surface area (Å²) in [6, 6.07) is 24.1. The lowest BCUT2D eigenvalue weighted by Crippen LogP contribution is -2.28. The molecular weight excluding hydrogens is 389 g/mol. The van der Waals surface area contributed by atoms with Crippen molar-refractivity contribution in [1.29, 1.82) is 0 Å². The zero-order chi connectivity index (χ0) is 21.6. The zero-order valence-corrected chi connectivity index (χ0v) is 17.3. The molecule has 0 saturated heterocycles. The lowest BCUT2D eigenvalue weighted by atomic mass is 9.95. The number of hydrogen-bond donors (Lipinski definition) is 2. The Labute approximate surface area is 181 Å². The molecule has 0 aliphatic carbocycles. The van der Waals surface area contributed by atoms with E-state index in [-0.39, 0.29) is 17.6 Å². The van der Waals surface area contributed by atoms with Crippen molar-refractivity contribution in [3.8, 4) is 22.6 Å². The highest BCUT2D eigenvalue weighted by molar-refractivity contribution is 5.83. The maximum atomic E-state index is 13.1. The van der Waals surface area contributed by atoms with Crippen molar-refractivity contribution >= 4 is 5.91 Å². The third-order valence-electron chi connectivity index (χ3n) is 5.35. The van der Waals surface area contributed by atoms with E-state index in [1.165, 1.54) is 12.1 Å². The second-order valence-electron chi connectivity index (χ2n) is 7.44. The van der Waals surface area contributed by atoms with Crippen LogP contribution >= 0.6 is 0 Å². The van der Waals surface area contributed by atoms with Gasteiger partial charge in [-0.05, 0) is 47.4 Å². The first-order valence-corrected chi connectivity index (χ1v) is 10.4. The van der Waals surface area contributed by atoms with Crippen molar-refractivity contribution in [2.75, 3.05) is 0 Å². The van der Waals surface area contributed by atoms with Crippen molar-refractivity contribution in [2.45, 2.75) is 25.8 Å². The summed E-state index contributed by atoms with van der Waals surface area (Å²) in [7, 11) is 0. The highest BCUT2D eigenvalue weighted by Gasteiger charge is 2.17. The number of H-pyrrole nitrogens is 1. The van der Waals surface area contributed by atoms with Crippen LogP contribution in [0.5, 0.6) is 0 Å². The molecule has 4 aromatic rings. The highest BCUT2D eigenvalue weighted by atomic mass is 19.1. The van der Waals surface area contributed by atoms with Gasteiger partial charge in [0.05, 0.1) is 17.8 Å². The Morgan fingerprint density at radius 2 is 1.65 bits per heavy atom. The fraction of sp³-hybridized carbons (Fsp3) is 0.154. The summed E-state index contributed by atoms with van der Waals surface area (Å²) in [5, 5.41) is 3.04. The Morgan fingerprint density at radius 1 is 0.968 bits per heavy atom. The van der Waals surface area contributed by atoms with Gasteiger partial charge < -0.3 is 10.3 Å². The molecule has 4 nitrogen and oxygen atoms in total. The number of aromatic amines is 1. The first-order valence-electron chi connectivity index (χ1n) is 10.4. The average Bonchev–Trinajstić information content (AvgIpc) is 3.30. The average molecular weight is 413 g/mol. The summed E-state index contributed by atoms with van der Waals surface area (Å²) in [4.78, 5) is 20.4. The normalized spacial score (nSPS) is 11.8. The maximum absolute atomic E-state index is 13.1. The van der Waals surface area contributed by atoms with Crippen molar-refractivity contribution in [2.24, 2.45) is 0 Å². The van der Waals surface area contributed by atoms with Crippen LogP contribution in [-0.4, -0.2) is 15.9 Å². The predicted molar refractivity (Wildman–Crippen MR) is 121 cm³/mol. The van der Waals surface area contributed by atoms with Crippen LogP contribution in [0.4, 0.5) is 4.39 Å². The summed E-state index contributed by atoms with van der Waals surface area (Å²) in [6.07, 6.45) is 2.49. The lowest BCUT2D eigenvalue weighted by Gasteiger charge is -2.15. The molecule has 2 N–H and O–H groups in total. The molecule has 0 saturated carbocycles. The molecule has 0 unspecified atom stereocenters. The molecule has 0 spiro atoms. The van der Waals surface area contributed by atoms with Crippen LogP contribution in [-0.2, 0) is 11.3 Å². The second-order valence-corrected chi connectivity index (χ2v) is 7.44. The van der Waals surface area contributed by atoms with Gasteiger partial charge in [-0.15, -0.1) is 0 Å². The van der Waals surface area contributed by atoms with E-state index in [2.05, 4.69) is 15.3 Å². The number of halogens is 1. The number of benzene rings is 3. The summed E-state index contributed by atoms with van der Waals surface area (Å²) < 4.78 is 13.1. The molecular formula is C26H24FN3O. The van der Waals surface area contributed by atoms with Crippen LogP contribution in [0.1, 0.15) is 30.4 Å². The molecule has 3 aromatic carbocycles. The van der Waals surface area contributed by atoms with Gasteiger partial charge >= 0.3 is 0 Å². The molecule has 1 atom stereocenters. The summed E-state index contributed by atoms with van der Waals surface area (Å²) in [5.41, 5.74) is 4.71. The smallest absolute Gasteiger partial charge is 0.227 e. The Morgan fingerprint density at radius 3 is 2.32 bits per heavy atom. The van der Waals surface area contributed by atoms with Gasteiger partial charge in [-0.1, -0.05) is 61.5 Å². The monoisotopic (exact) mass is 413 g/mol. The molecule has 0 fully saturated rings.